The molecule has 2 aromatic rings. The van der Waals surface area contributed by atoms with Crippen molar-refractivity contribution in [3.63, 3.8) is 0 Å². The molecule has 0 spiro atoms. The van der Waals surface area contributed by atoms with Gasteiger partial charge in [0.1, 0.15) is 6.20 Å². The molecule has 0 unspecified atom stereocenters. The van der Waals surface area contributed by atoms with Gasteiger partial charge in [-0.05, 0) is 30.7 Å². The minimum atomic E-state index is -0.527. The Hall–Kier alpha value is -1.85. The SMILES string of the molecule is NC(=O)c1n[c]cn1CCCNCc1ccc(Cl)cc1. The molecule has 1 radical (unpaired) electrons. The van der Waals surface area contributed by atoms with E-state index in [9.17, 15) is 4.79 Å². The van der Waals surface area contributed by atoms with Crippen molar-refractivity contribution >= 4 is 17.5 Å². The third-order valence-electron chi connectivity index (χ3n) is 2.87. The zero-order valence-corrected chi connectivity index (χ0v) is 11.7. The van der Waals surface area contributed by atoms with E-state index in [1.54, 1.807) is 10.8 Å². The molecule has 5 nitrogen and oxygen atoms in total. The number of imidazole rings is 1. The van der Waals surface area contributed by atoms with Gasteiger partial charge >= 0.3 is 0 Å². The van der Waals surface area contributed by atoms with E-state index in [0.717, 1.165) is 24.5 Å². The molecule has 0 saturated heterocycles. The Kier molecular flexibility index (Phi) is 5.15. The van der Waals surface area contributed by atoms with E-state index in [2.05, 4.69) is 16.5 Å². The zero-order valence-electron chi connectivity index (χ0n) is 11.0. The molecule has 0 bridgehead atoms. The van der Waals surface area contributed by atoms with Crippen molar-refractivity contribution in [3.8, 4) is 0 Å². The summed E-state index contributed by atoms with van der Waals surface area (Å²) in [4.78, 5) is 14.9. The van der Waals surface area contributed by atoms with Crippen molar-refractivity contribution in [2.45, 2.75) is 19.5 Å². The van der Waals surface area contributed by atoms with Crippen LogP contribution in [0, 0.1) is 6.20 Å². The first-order valence-electron chi connectivity index (χ1n) is 6.35. The molecule has 3 N–H and O–H groups in total. The summed E-state index contributed by atoms with van der Waals surface area (Å²) in [7, 11) is 0. The Bertz CT molecular complexity index is 565. The average Bonchev–Trinajstić information content (AvgIpc) is 2.89. The van der Waals surface area contributed by atoms with Gasteiger partial charge in [0.15, 0.2) is 5.82 Å². The fourth-order valence-electron chi connectivity index (χ4n) is 1.86. The van der Waals surface area contributed by atoms with Gasteiger partial charge in [0.05, 0.1) is 0 Å². The molecule has 0 atom stereocenters. The van der Waals surface area contributed by atoms with Crippen LogP contribution in [0.5, 0.6) is 0 Å². The van der Waals surface area contributed by atoms with Gasteiger partial charge < -0.3 is 15.6 Å². The first kappa shape index (κ1) is 14.6. The maximum Gasteiger partial charge on any atom is 0.284 e. The quantitative estimate of drug-likeness (QED) is 0.761. The van der Waals surface area contributed by atoms with Gasteiger partial charge in [0, 0.05) is 24.3 Å². The Labute approximate surface area is 122 Å². The number of aromatic nitrogens is 2. The van der Waals surface area contributed by atoms with Crippen LogP contribution in [0.4, 0.5) is 0 Å². The fraction of sp³-hybridized carbons (Fsp3) is 0.286. The van der Waals surface area contributed by atoms with E-state index in [1.807, 2.05) is 24.3 Å². The number of benzene rings is 1. The van der Waals surface area contributed by atoms with Crippen LogP contribution >= 0.6 is 11.6 Å². The number of aryl methyl sites for hydroxylation is 1. The van der Waals surface area contributed by atoms with Crippen molar-refractivity contribution < 1.29 is 4.79 Å². The number of rotatable bonds is 7. The van der Waals surface area contributed by atoms with Gasteiger partial charge in [-0.3, -0.25) is 4.79 Å². The second kappa shape index (κ2) is 7.07. The minimum absolute atomic E-state index is 0.253. The number of carbonyl (C=O) groups is 1. The maximum atomic E-state index is 11.1. The van der Waals surface area contributed by atoms with E-state index in [4.69, 9.17) is 17.3 Å². The minimum Gasteiger partial charge on any atom is -0.363 e. The Morgan fingerprint density at radius 1 is 1.40 bits per heavy atom. The number of carbonyl (C=O) groups excluding carboxylic acids is 1. The third-order valence-corrected chi connectivity index (χ3v) is 3.12. The molecule has 0 aliphatic carbocycles. The summed E-state index contributed by atoms with van der Waals surface area (Å²) in [5, 5.41) is 4.07. The molecule has 105 valence electrons. The topological polar surface area (TPSA) is 72.9 Å². The number of primary amides is 1. The number of amides is 1. The first-order valence-corrected chi connectivity index (χ1v) is 6.73. The van der Waals surface area contributed by atoms with Gasteiger partial charge in [0.2, 0.25) is 0 Å². The highest BCUT2D eigenvalue weighted by Crippen LogP contribution is 2.09. The smallest absolute Gasteiger partial charge is 0.284 e. The standard InChI is InChI=1S/C14H16ClN4O/c15-12-4-2-11(3-5-12)10-17-6-1-8-19-9-7-18-14(19)13(16)20/h2-5,9,17H,1,6,8,10H2,(H2,16,20). The first-order chi connectivity index (χ1) is 9.66. The largest absolute Gasteiger partial charge is 0.363 e. The third kappa shape index (κ3) is 4.08. The molecule has 1 heterocycles. The molecule has 0 aliphatic heterocycles. The van der Waals surface area contributed by atoms with Crippen LogP contribution in [-0.4, -0.2) is 22.0 Å². The summed E-state index contributed by atoms with van der Waals surface area (Å²) in [6.45, 7) is 2.30. The highest BCUT2D eigenvalue weighted by Gasteiger charge is 2.07. The number of nitrogens with zero attached hydrogens (tertiary/aromatic N) is 2. The van der Waals surface area contributed by atoms with Gasteiger partial charge in [-0.2, -0.15) is 0 Å². The van der Waals surface area contributed by atoms with Crippen LogP contribution in [0.25, 0.3) is 0 Å². The summed E-state index contributed by atoms with van der Waals surface area (Å²) < 4.78 is 1.71. The molecular formula is C14H16ClN4O. The predicted octanol–water partition coefficient (Wildman–Crippen LogP) is 1.62. The molecule has 1 amide bonds. The molecule has 0 fully saturated rings. The van der Waals surface area contributed by atoms with E-state index in [0.29, 0.717) is 6.54 Å². The van der Waals surface area contributed by atoms with Gasteiger partial charge in [-0.25, -0.2) is 4.98 Å². The molecule has 1 aromatic heterocycles. The summed E-state index contributed by atoms with van der Waals surface area (Å²) in [5.74, 6) is -0.275. The molecule has 0 saturated carbocycles. The Morgan fingerprint density at radius 3 is 2.85 bits per heavy atom. The maximum absolute atomic E-state index is 11.1. The van der Waals surface area contributed by atoms with Gasteiger partial charge in [0.25, 0.3) is 5.91 Å². The van der Waals surface area contributed by atoms with Crippen LogP contribution in [0.1, 0.15) is 22.6 Å². The van der Waals surface area contributed by atoms with Crippen molar-refractivity contribution in [1.29, 1.82) is 0 Å². The lowest BCUT2D eigenvalue weighted by atomic mass is 10.2. The van der Waals surface area contributed by atoms with Crippen molar-refractivity contribution in [2.24, 2.45) is 5.73 Å². The second-order valence-electron chi connectivity index (χ2n) is 4.41. The van der Waals surface area contributed by atoms with E-state index >= 15 is 0 Å². The highest BCUT2D eigenvalue weighted by molar-refractivity contribution is 6.30. The lowest BCUT2D eigenvalue weighted by Crippen LogP contribution is -2.20. The van der Waals surface area contributed by atoms with Crippen LogP contribution in [-0.2, 0) is 13.1 Å². The van der Waals surface area contributed by atoms with Crippen molar-refractivity contribution in [1.82, 2.24) is 14.9 Å². The van der Waals surface area contributed by atoms with Crippen LogP contribution in [0.3, 0.4) is 0 Å². The van der Waals surface area contributed by atoms with Gasteiger partial charge in [-0.1, -0.05) is 23.7 Å². The summed E-state index contributed by atoms with van der Waals surface area (Å²) in [6.07, 6.45) is 5.14. The number of nitrogens with two attached hydrogens (primary N) is 1. The summed E-state index contributed by atoms with van der Waals surface area (Å²) in [6, 6.07) is 7.73. The van der Waals surface area contributed by atoms with Crippen molar-refractivity contribution in [3.05, 3.63) is 53.1 Å². The van der Waals surface area contributed by atoms with E-state index in [1.165, 1.54) is 5.56 Å². The van der Waals surface area contributed by atoms with E-state index < -0.39 is 5.91 Å². The molecule has 2 rings (SSSR count). The molecular weight excluding hydrogens is 276 g/mol. The molecule has 1 aromatic carbocycles. The average molecular weight is 292 g/mol. The predicted molar refractivity (Wildman–Crippen MR) is 77.4 cm³/mol. The molecule has 0 aliphatic rings. The zero-order chi connectivity index (χ0) is 14.4. The molecule has 20 heavy (non-hydrogen) atoms. The highest BCUT2D eigenvalue weighted by atomic mass is 35.5. The number of nitrogens with one attached hydrogen (secondary N) is 1. The number of hydrogen-bond acceptors (Lipinski definition) is 3. The Balaban J connectivity index is 1.70. The number of hydrogen-bond donors (Lipinski definition) is 2. The summed E-state index contributed by atoms with van der Waals surface area (Å²) >= 11 is 5.82. The molecule has 6 heteroatoms. The lowest BCUT2D eigenvalue weighted by Gasteiger charge is -2.07. The Morgan fingerprint density at radius 2 is 2.15 bits per heavy atom. The summed E-state index contributed by atoms with van der Waals surface area (Å²) in [5.41, 5.74) is 6.39. The lowest BCUT2D eigenvalue weighted by molar-refractivity contribution is 0.0986. The second-order valence-corrected chi connectivity index (χ2v) is 4.84. The van der Waals surface area contributed by atoms with Crippen LogP contribution in [0.2, 0.25) is 5.02 Å². The van der Waals surface area contributed by atoms with E-state index in [-0.39, 0.29) is 5.82 Å². The van der Waals surface area contributed by atoms with Crippen molar-refractivity contribution in [2.75, 3.05) is 6.54 Å². The fourth-order valence-corrected chi connectivity index (χ4v) is 1.99. The van der Waals surface area contributed by atoms with Gasteiger partial charge in [-0.15, -0.1) is 0 Å². The number of halogens is 1. The normalized spacial score (nSPS) is 10.7. The van der Waals surface area contributed by atoms with Crippen LogP contribution < -0.4 is 11.1 Å². The van der Waals surface area contributed by atoms with Crippen LogP contribution in [0.15, 0.2) is 30.5 Å². The monoisotopic (exact) mass is 291 g/mol.